The molecule has 3 heterocycles. The number of fused-ring (bicyclic) bond motifs is 1. The normalized spacial score (nSPS) is 17.2. The van der Waals surface area contributed by atoms with Crippen LogP contribution in [0.4, 0.5) is 10.6 Å². The second-order valence-corrected chi connectivity index (χ2v) is 9.65. The minimum absolute atomic E-state index is 0.372. The van der Waals surface area contributed by atoms with Crippen LogP contribution in [0.2, 0.25) is 0 Å². The number of hydrogen-bond acceptors (Lipinski definition) is 6. The van der Waals surface area contributed by atoms with Crippen molar-refractivity contribution in [2.75, 3.05) is 25.0 Å². The van der Waals surface area contributed by atoms with Gasteiger partial charge in [0.1, 0.15) is 11.6 Å². The van der Waals surface area contributed by atoms with Crippen molar-refractivity contribution in [2.45, 2.75) is 52.0 Å². The molecule has 1 aliphatic carbocycles. The van der Waals surface area contributed by atoms with Crippen LogP contribution < -0.4 is 10.1 Å². The monoisotopic (exact) mass is 464 g/mol. The first kappa shape index (κ1) is 22.7. The van der Waals surface area contributed by atoms with Crippen molar-refractivity contribution in [1.29, 1.82) is 0 Å². The van der Waals surface area contributed by atoms with Crippen LogP contribution in [0.5, 0.6) is 5.75 Å². The molecule has 1 aliphatic heterocycles. The maximum absolute atomic E-state index is 10.8. The van der Waals surface area contributed by atoms with E-state index < -0.39 is 6.09 Å². The average molecular weight is 465 g/mol. The number of aromatic nitrogens is 2. The van der Waals surface area contributed by atoms with Crippen molar-refractivity contribution in [3.63, 3.8) is 0 Å². The number of amides is 1. The van der Waals surface area contributed by atoms with E-state index in [1.165, 1.54) is 12.8 Å². The molecule has 0 spiro atoms. The lowest BCUT2D eigenvalue weighted by Crippen LogP contribution is -2.33. The fourth-order valence-electron chi connectivity index (χ4n) is 4.75. The SMILES string of the molecule is Cc1c(OCC2CC2)ccc2c(CCC3CCN(Cc4cccc(NC(=O)O)n4)CC3)noc12. The van der Waals surface area contributed by atoms with E-state index in [1.54, 1.807) is 6.07 Å². The summed E-state index contributed by atoms with van der Waals surface area (Å²) in [5.41, 5.74) is 3.82. The van der Waals surface area contributed by atoms with Crippen molar-refractivity contribution >= 4 is 22.9 Å². The zero-order valence-electron chi connectivity index (χ0n) is 19.6. The highest BCUT2D eigenvalue weighted by atomic mass is 16.5. The van der Waals surface area contributed by atoms with Gasteiger partial charge in [-0.1, -0.05) is 11.2 Å². The number of aryl methyl sites for hydroxylation is 2. The number of carbonyl (C=O) groups is 1. The molecule has 5 rings (SSSR count). The summed E-state index contributed by atoms with van der Waals surface area (Å²) in [5.74, 6) is 2.67. The molecule has 1 aromatic carbocycles. The van der Waals surface area contributed by atoms with E-state index in [4.69, 9.17) is 14.4 Å². The summed E-state index contributed by atoms with van der Waals surface area (Å²) in [6, 6.07) is 9.61. The van der Waals surface area contributed by atoms with E-state index in [2.05, 4.69) is 39.4 Å². The highest BCUT2D eigenvalue weighted by Crippen LogP contribution is 2.34. The van der Waals surface area contributed by atoms with Gasteiger partial charge in [-0.25, -0.2) is 9.78 Å². The van der Waals surface area contributed by atoms with Gasteiger partial charge in [0.2, 0.25) is 0 Å². The van der Waals surface area contributed by atoms with Gasteiger partial charge in [0.25, 0.3) is 0 Å². The molecule has 8 heteroatoms. The number of carboxylic acid groups (broad SMARTS) is 1. The molecule has 1 saturated heterocycles. The van der Waals surface area contributed by atoms with Gasteiger partial charge in [0, 0.05) is 17.5 Å². The van der Waals surface area contributed by atoms with Gasteiger partial charge in [-0.15, -0.1) is 0 Å². The standard InChI is InChI=1S/C26H32N4O4/c1-17-23(33-16-19-5-6-19)10-8-21-22(29-34-25(17)21)9-7-18-11-13-30(14-12-18)15-20-3-2-4-24(27-20)28-26(31)32/h2-4,8,10,18-19H,5-7,9,11-16H2,1H3,(H,27,28)(H,31,32). The lowest BCUT2D eigenvalue weighted by atomic mass is 9.91. The highest BCUT2D eigenvalue weighted by molar-refractivity contribution is 5.84. The first-order chi connectivity index (χ1) is 16.5. The van der Waals surface area contributed by atoms with E-state index in [1.807, 2.05) is 12.1 Å². The number of nitrogens with one attached hydrogen (secondary N) is 1. The molecule has 34 heavy (non-hydrogen) atoms. The maximum Gasteiger partial charge on any atom is 0.410 e. The van der Waals surface area contributed by atoms with Crippen LogP contribution in [-0.2, 0) is 13.0 Å². The Morgan fingerprint density at radius 1 is 1.18 bits per heavy atom. The highest BCUT2D eigenvalue weighted by Gasteiger charge is 2.24. The van der Waals surface area contributed by atoms with Crippen LogP contribution in [0.1, 0.15) is 49.1 Å². The number of benzene rings is 1. The average Bonchev–Trinajstić information content (AvgIpc) is 3.56. The number of likely N-dealkylation sites (tertiary alicyclic amines) is 1. The number of nitrogens with zero attached hydrogens (tertiary/aromatic N) is 3. The van der Waals surface area contributed by atoms with Crippen molar-refractivity contribution in [1.82, 2.24) is 15.0 Å². The number of rotatable bonds is 9. The molecule has 2 aliphatic rings. The van der Waals surface area contributed by atoms with Crippen LogP contribution in [0.15, 0.2) is 34.9 Å². The molecular formula is C26H32N4O4. The summed E-state index contributed by atoms with van der Waals surface area (Å²) < 4.78 is 11.7. The minimum Gasteiger partial charge on any atom is -0.493 e. The topological polar surface area (TPSA) is 101 Å². The van der Waals surface area contributed by atoms with Crippen LogP contribution >= 0.6 is 0 Å². The molecule has 0 bridgehead atoms. The molecular weight excluding hydrogens is 432 g/mol. The number of hydrogen-bond donors (Lipinski definition) is 2. The molecule has 0 unspecified atom stereocenters. The lowest BCUT2D eigenvalue weighted by Gasteiger charge is -2.31. The van der Waals surface area contributed by atoms with E-state index in [-0.39, 0.29) is 0 Å². The van der Waals surface area contributed by atoms with Gasteiger partial charge in [-0.2, -0.15) is 0 Å². The maximum atomic E-state index is 10.8. The molecule has 0 radical (unpaired) electrons. The summed E-state index contributed by atoms with van der Waals surface area (Å²) in [6.07, 6.45) is 5.77. The summed E-state index contributed by atoms with van der Waals surface area (Å²) in [7, 11) is 0. The Morgan fingerprint density at radius 3 is 2.76 bits per heavy atom. The van der Waals surface area contributed by atoms with E-state index in [0.29, 0.717) is 11.7 Å². The molecule has 3 aromatic rings. The lowest BCUT2D eigenvalue weighted by molar-refractivity contribution is 0.170. The minimum atomic E-state index is -1.09. The number of ether oxygens (including phenoxy) is 1. The Bertz CT molecular complexity index is 1150. The Balaban J connectivity index is 1.11. The summed E-state index contributed by atoms with van der Waals surface area (Å²) in [5, 5.41) is 16.7. The third-order valence-electron chi connectivity index (χ3n) is 7.01. The molecule has 2 fully saturated rings. The molecule has 180 valence electrons. The second kappa shape index (κ2) is 10.0. The van der Waals surface area contributed by atoms with Gasteiger partial charge >= 0.3 is 6.09 Å². The predicted molar refractivity (Wildman–Crippen MR) is 129 cm³/mol. The molecule has 2 N–H and O–H groups in total. The molecule has 8 nitrogen and oxygen atoms in total. The van der Waals surface area contributed by atoms with Crippen molar-refractivity contribution < 1.29 is 19.2 Å². The zero-order chi connectivity index (χ0) is 23.5. The second-order valence-electron chi connectivity index (χ2n) is 9.65. The number of piperidine rings is 1. The Hall–Kier alpha value is -3.13. The summed E-state index contributed by atoms with van der Waals surface area (Å²) >= 11 is 0. The quantitative estimate of drug-likeness (QED) is 0.446. The van der Waals surface area contributed by atoms with Gasteiger partial charge in [-0.05, 0) is 94.6 Å². The number of anilines is 1. The van der Waals surface area contributed by atoms with E-state index in [0.717, 1.165) is 91.5 Å². The van der Waals surface area contributed by atoms with E-state index in [9.17, 15) is 4.79 Å². The van der Waals surface area contributed by atoms with Gasteiger partial charge in [-0.3, -0.25) is 10.2 Å². The first-order valence-corrected chi connectivity index (χ1v) is 12.2. The summed E-state index contributed by atoms with van der Waals surface area (Å²) in [6.45, 7) is 5.62. The molecule has 1 saturated carbocycles. The van der Waals surface area contributed by atoms with Gasteiger partial charge in [0.05, 0.1) is 18.0 Å². The Morgan fingerprint density at radius 2 is 2.00 bits per heavy atom. The van der Waals surface area contributed by atoms with Crippen molar-refractivity contribution in [2.24, 2.45) is 11.8 Å². The van der Waals surface area contributed by atoms with Gasteiger partial charge < -0.3 is 14.4 Å². The third-order valence-corrected chi connectivity index (χ3v) is 7.01. The smallest absolute Gasteiger partial charge is 0.410 e. The third kappa shape index (κ3) is 5.50. The summed E-state index contributed by atoms with van der Waals surface area (Å²) in [4.78, 5) is 17.6. The zero-order valence-corrected chi connectivity index (χ0v) is 19.6. The number of pyridine rings is 1. The van der Waals surface area contributed by atoms with E-state index >= 15 is 0 Å². The first-order valence-electron chi connectivity index (χ1n) is 12.2. The molecule has 0 atom stereocenters. The Kier molecular flexibility index (Phi) is 6.67. The largest absolute Gasteiger partial charge is 0.493 e. The van der Waals surface area contributed by atoms with Gasteiger partial charge in [0.15, 0.2) is 5.58 Å². The van der Waals surface area contributed by atoms with Crippen LogP contribution in [-0.4, -0.2) is 45.9 Å². The fraction of sp³-hybridized carbons (Fsp3) is 0.500. The van der Waals surface area contributed by atoms with Crippen molar-refractivity contribution in [3.05, 3.63) is 47.3 Å². The molecule has 1 amide bonds. The Labute approximate surface area is 199 Å². The van der Waals surface area contributed by atoms with Crippen LogP contribution in [0.3, 0.4) is 0 Å². The van der Waals surface area contributed by atoms with Crippen LogP contribution in [0, 0.1) is 18.8 Å². The van der Waals surface area contributed by atoms with Crippen molar-refractivity contribution in [3.8, 4) is 5.75 Å². The van der Waals surface area contributed by atoms with Crippen LogP contribution in [0.25, 0.3) is 11.0 Å². The molecule has 2 aromatic heterocycles. The predicted octanol–water partition coefficient (Wildman–Crippen LogP) is 5.25. The fourth-order valence-corrected chi connectivity index (χ4v) is 4.75.